The molecule has 0 aromatic carbocycles. The first kappa shape index (κ1) is 15.9. The lowest BCUT2D eigenvalue weighted by Gasteiger charge is -2.24. The van der Waals surface area contributed by atoms with Crippen LogP contribution in [0.5, 0.6) is 0 Å². The first-order valence-electron chi connectivity index (χ1n) is 3.57. The largest absolute Gasteiger partial charge is 0.394 e. The lowest BCUT2D eigenvalue weighted by molar-refractivity contribution is -0.112. The summed E-state index contributed by atoms with van der Waals surface area (Å²) in [6.45, 7) is -0.911. The van der Waals surface area contributed by atoms with Crippen LogP contribution in [0, 0.1) is 0 Å². The predicted octanol–water partition coefficient (Wildman–Crippen LogP) is -3.00. The van der Waals surface area contributed by atoms with Gasteiger partial charge in [-0.2, -0.15) is 0 Å². The van der Waals surface area contributed by atoms with Gasteiger partial charge in [0, 0.05) is 6.54 Å². The maximum Gasteiger partial charge on any atom is 0.111 e. The van der Waals surface area contributed by atoms with Gasteiger partial charge in [0.15, 0.2) is 0 Å². The lowest BCUT2D eigenvalue weighted by atomic mass is 10.0. The van der Waals surface area contributed by atoms with Crippen molar-refractivity contribution < 1.29 is 25.5 Å². The number of rotatable bonds is 5. The molecule has 0 fully saturated rings. The molecule has 0 aliphatic rings. The van der Waals surface area contributed by atoms with Gasteiger partial charge in [0.1, 0.15) is 18.3 Å². The van der Waals surface area contributed by atoms with Crippen LogP contribution in [0.25, 0.3) is 0 Å². The maximum atomic E-state index is 9.04. The molecule has 0 radical (unpaired) electrons. The highest BCUT2D eigenvalue weighted by molar-refractivity contribution is 14.0. The Balaban J connectivity index is 0. The number of aliphatic hydroxyl groups is 5. The van der Waals surface area contributed by atoms with E-state index in [4.69, 9.17) is 31.3 Å². The van der Waals surface area contributed by atoms with Crippen molar-refractivity contribution in [2.45, 2.75) is 24.4 Å². The highest BCUT2D eigenvalue weighted by Crippen LogP contribution is 2.03. The Labute approximate surface area is 93.0 Å². The molecule has 13 heavy (non-hydrogen) atoms. The third-order valence-corrected chi connectivity index (χ3v) is 1.57. The van der Waals surface area contributed by atoms with Crippen molar-refractivity contribution >= 4 is 24.0 Å². The maximum absolute atomic E-state index is 9.04. The quantitative estimate of drug-likeness (QED) is 0.301. The average molecular weight is 309 g/mol. The zero-order valence-electron chi connectivity index (χ0n) is 6.95. The van der Waals surface area contributed by atoms with E-state index in [9.17, 15) is 0 Å². The second-order valence-corrected chi connectivity index (χ2v) is 2.53. The van der Waals surface area contributed by atoms with Gasteiger partial charge in [-0.15, -0.1) is 24.0 Å². The molecule has 0 rings (SSSR count). The van der Waals surface area contributed by atoms with Crippen LogP contribution in [0.15, 0.2) is 0 Å². The molecule has 0 unspecified atom stereocenters. The predicted molar refractivity (Wildman–Crippen MR) is 55.6 cm³/mol. The monoisotopic (exact) mass is 309 g/mol. The van der Waals surface area contributed by atoms with E-state index < -0.39 is 31.0 Å². The SMILES string of the molecule is I.NC[C@H](O)[C@@H](O)[C@H](O)[C@H](O)CO. The third kappa shape index (κ3) is 5.05. The van der Waals surface area contributed by atoms with Gasteiger partial charge >= 0.3 is 0 Å². The fraction of sp³-hybridized carbons (Fsp3) is 1.00. The van der Waals surface area contributed by atoms with Crippen molar-refractivity contribution in [2.24, 2.45) is 5.73 Å². The lowest BCUT2D eigenvalue weighted by Crippen LogP contribution is -2.48. The van der Waals surface area contributed by atoms with Gasteiger partial charge in [-0.05, 0) is 0 Å². The van der Waals surface area contributed by atoms with E-state index in [0.717, 1.165) is 0 Å². The van der Waals surface area contributed by atoms with Gasteiger partial charge in [0.2, 0.25) is 0 Å². The molecule has 0 aromatic heterocycles. The summed E-state index contributed by atoms with van der Waals surface area (Å²) in [5, 5.41) is 44.2. The molecule has 0 saturated heterocycles. The summed E-state index contributed by atoms with van der Waals surface area (Å²) in [6.07, 6.45) is -5.91. The molecule has 7 heteroatoms. The molecule has 0 bridgehead atoms. The van der Waals surface area contributed by atoms with Gasteiger partial charge in [0.05, 0.1) is 12.7 Å². The van der Waals surface area contributed by atoms with E-state index in [-0.39, 0.29) is 30.5 Å². The minimum atomic E-state index is -1.59. The van der Waals surface area contributed by atoms with Crippen molar-refractivity contribution in [1.82, 2.24) is 0 Å². The van der Waals surface area contributed by atoms with E-state index in [1.165, 1.54) is 0 Å². The minimum absolute atomic E-state index is 0. The second kappa shape index (κ2) is 7.85. The molecule has 7 N–H and O–H groups in total. The van der Waals surface area contributed by atoms with Crippen LogP contribution in [-0.2, 0) is 0 Å². The van der Waals surface area contributed by atoms with Crippen LogP contribution in [0.1, 0.15) is 0 Å². The fourth-order valence-corrected chi connectivity index (χ4v) is 0.703. The van der Waals surface area contributed by atoms with Crippen LogP contribution in [0.4, 0.5) is 0 Å². The topological polar surface area (TPSA) is 127 Å². The van der Waals surface area contributed by atoms with Crippen molar-refractivity contribution in [3.05, 3.63) is 0 Å². The number of halogens is 1. The van der Waals surface area contributed by atoms with Gasteiger partial charge in [-0.25, -0.2) is 0 Å². The van der Waals surface area contributed by atoms with Crippen LogP contribution >= 0.6 is 24.0 Å². The van der Waals surface area contributed by atoms with Gasteiger partial charge in [-0.3, -0.25) is 0 Å². The van der Waals surface area contributed by atoms with Crippen LogP contribution in [0.3, 0.4) is 0 Å². The second-order valence-electron chi connectivity index (χ2n) is 2.53. The minimum Gasteiger partial charge on any atom is -0.394 e. The standard InChI is InChI=1S/C6H15NO5.HI/c7-1-3(9)5(11)6(12)4(10)2-8;/h3-6,8-12H,1-2,7H2;1H/t3-,4+,5+,6+;/m0./s1. The molecule has 0 aliphatic carbocycles. The summed E-state index contributed by atoms with van der Waals surface area (Å²) in [5.74, 6) is 0. The van der Waals surface area contributed by atoms with Crippen LogP contribution < -0.4 is 5.73 Å². The Morgan fingerprint density at radius 3 is 1.62 bits per heavy atom. The van der Waals surface area contributed by atoms with Gasteiger partial charge in [0.25, 0.3) is 0 Å². The van der Waals surface area contributed by atoms with Crippen LogP contribution in [-0.4, -0.2) is 63.1 Å². The molecule has 0 spiro atoms. The summed E-state index contributed by atoms with van der Waals surface area (Å²) in [7, 11) is 0. The summed E-state index contributed by atoms with van der Waals surface area (Å²) in [6, 6.07) is 0. The van der Waals surface area contributed by atoms with Crippen molar-refractivity contribution in [1.29, 1.82) is 0 Å². The van der Waals surface area contributed by atoms with E-state index >= 15 is 0 Å². The smallest absolute Gasteiger partial charge is 0.111 e. The van der Waals surface area contributed by atoms with Crippen LogP contribution in [0.2, 0.25) is 0 Å². The summed E-state index contributed by atoms with van der Waals surface area (Å²) < 4.78 is 0. The van der Waals surface area contributed by atoms with E-state index in [1.54, 1.807) is 0 Å². The number of hydrogen-bond acceptors (Lipinski definition) is 6. The molecule has 6 nitrogen and oxygen atoms in total. The number of nitrogens with two attached hydrogens (primary N) is 1. The zero-order chi connectivity index (χ0) is 9.72. The zero-order valence-corrected chi connectivity index (χ0v) is 9.28. The van der Waals surface area contributed by atoms with Crippen molar-refractivity contribution in [2.75, 3.05) is 13.2 Å². The molecule has 0 aromatic rings. The summed E-state index contributed by atoms with van der Waals surface area (Å²) >= 11 is 0. The number of aliphatic hydroxyl groups excluding tert-OH is 5. The first-order chi connectivity index (χ1) is 5.54. The van der Waals surface area contributed by atoms with Gasteiger partial charge in [-0.1, -0.05) is 0 Å². The highest BCUT2D eigenvalue weighted by Gasteiger charge is 2.28. The molecular formula is C6H16INO5. The Hall–Kier alpha value is 0.490. The first-order valence-corrected chi connectivity index (χ1v) is 3.57. The van der Waals surface area contributed by atoms with Crippen molar-refractivity contribution in [3.63, 3.8) is 0 Å². The van der Waals surface area contributed by atoms with Gasteiger partial charge < -0.3 is 31.3 Å². The fourth-order valence-electron chi connectivity index (χ4n) is 0.703. The molecule has 0 amide bonds. The molecule has 4 atom stereocenters. The Morgan fingerprint density at radius 1 is 0.923 bits per heavy atom. The van der Waals surface area contributed by atoms with Crippen molar-refractivity contribution in [3.8, 4) is 0 Å². The third-order valence-electron chi connectivity index (χ3n) is 1.57. The highest BCUT2D eigenvalue weighted by atomic mass is 127. The molecular weight excluding hydrogens is 293 g/mol. The summed E-state index contributed by atoms with van der Waals surface area (Å²) in [4.78, 5) is 0. The molecule has 82 valence electrons. The Bertz CT molecular complexity index is 114. The van der Waals surface area contributed by atoms with E-state index in [1.807, 2.05) is 0 Å². The van der Waals surface area contributed by atoms with E-state index in [2.05, 4.69) is 0 Å². The molecule has 0 heterocycles. The Kier molecular flexibility index (Phi) is 9.63. The summed E-state index contributed by atoms with van der Waals surface area (Å²) in [5.41, 5.74) is 4.99. The normalized spacial score (nSPS) is 19.8. The Morgan fingerprint density at radius 2 is 1.31 bits per heavy atom. The average Bonchev–Trinajstić information content (AvgIpc) is 2.12. The molecule has 0 aliphatic heterocycles. The molecule has 0 saturated carbocycles. The van der Waals surface area contributed by atoms with E-state index in [0.29, 0.717) is 0 Å². The number of hydrogen-bond donors (Lipinski definition) is 6.